The average Bonchev–Trinajstić information content (AvgIpc) is 2.44. The fourth-order valence-corrected chi connectivity index (χ4v) is 2.18. The number of carbonyl (C=O) groups is 1. The van der Waals surface area contributed by atoms with E-state index in [4.69, 9.17) is 27.9 Å². The van der Waals surface area contributed by atoms with Gasteiger partial charge in [-0.15, -0.1) is 0 Å². The predicted molar refractivity (Wildman–Crippen MR) is 87.1 cm³/mol. The highest BCUT2D eigenvalue weighted by atomic mass is 79.9. The molecular weight excluding hydrogens is 379 g/mol. The second kappa shape index (κ2) is 7.11. The quantitative estimate of drug-likeness (QED) is 0.833. The molecule has 2 rings (SSSR count). The molecule has 0 aliphatic heterocycles. The summed E-state index contributed by atoms with van der Waals surface area (Å²) in [7, 11) is 0. The van der Waals surface area contributed by atoms with Crippen LogP contribution >= 0.6 is 39.1 Å². The van der Waals surface area contributed by atoms with Gasteiger partial charge in [-0.2, -0.15) is 0 Å². The van der Waals surface area contributed by atoms with E-state index in [9.17, 15) is 4.79 Å². The molecule has 4 nitrogen and oxygen atoms in total. The third-order valence-electron chi connectivity index (χ3n) is 2.55. The maximum absolute atomic E-state index is 12.0. The van der Waals surface area contributed by atoms with Gasteiger partial charge in [-0.1, -0.05) is 23.2 Å². The molecule has 0 fully saturated rings. The Bertz CT molecular complexity index is 650. The van der Waals surface area contributed by atoms with E-state index in [1.165, 1.54) is 0 Å². The summed E-state index contributed by atoms with van der Waals surface area (Å²) in [6, 6.07) is 8.28. The van der Waals surface area contributed by atoms with E-state index in [2.05, 4.69) is 26.2 Å². The Balaban J connectivity index is 2.00. The van der Waals surface area contributed by atoms with Crippen LogP contribution in [0.25, 0.3) is 0 Å². The smallest absolute Gasteiger partial charge is 0.266 e. The van der Waals surface area contributed by atoms with E-state index < -0.39 is 6.10 Å². The average molecular weight is 390 g/mol. The van der Waals surface area contributed by atoms with E-state index in [0.717, 1.165) is 4.47 Å². The Morgan fingerprint density at radius 1 is 1.33 bits per heavy atom. The summed E-state index contributed by atoms with van der Waals surface area (Å²) in [5.41, 5.74) is 0. The molecule has 1 aromatic heterocycles. The Morgan fingerprint density at radius 2 is 2.10 bits per heavy atom. The van der Waals surface area contributed by atoms with Gasteiger partial charge in [-0.25, -0.2) is 4.98 Å². The van der Waals surface area contributed by atoms with Crippen molar-refractivity contribution in [3.05, 3.63) is 51.0 Å². The van der Waals surface area contributed by atoms with Crippen molar-refractivity contribution in [1.82, 2.24) is 4.98 Å². The molecule has 0 radical (unpaired) electrons. The monoisotopic (exact) mass is 388 g/mol. The minimum Gasteiger partial charge on any atom is -0.479 e. The molecule has 1 unspecified atom stereocenters. The summed E-state index contributed by atoms with van der Waals surface area (Å²) in [5.74, 6) is 0.518. The molecule has 0 saturated heterocycles. The zero-order valence-electron chi connectivity index (χ0n) is 10.9. The van der Waals surface area contributed by atoms with Crippen LogP contribution in [-0.4, -0.2) is 17.0 Å². The Labute approximate surface area is 140 Å². The summed E-state index contributed by atoms with van der Waals surface area (Å²) in [5, 5.41) is 3.51. The molecule has 1 N–H and O–H groups in total. The standard InChI is InChI=1S/C14H11BrCl2N2O2/c1-8(21-12-4-3-10(16)6-11(12)17)14(20)19-13-5-2-9(15)7-18-13/h2-8H,1H3,(H,18,19,20). The Morgan fingerprint density at radius 3 is 2.71 bits per heavy atom. The second-order valence-electron chi connectivity index (χ2n) is 4.19. The fourth-order valence-electron chi connectivity index (χ4n) is 1.49. The molecule has 0 aliphatic carbocycles. The summed E-state index contributed by atoms with van der Waals surface area (Å²) < 4.78 is 6.35. The number of benzene rings is 1. The normalized spacial score (nSPS) is 11.8. The number of amides is 1. The topological polar surface area (TPSA) is 51.2 Å². The minimum atomic E-state index is -0.728. The van der Waals surface area contributed by atoms with Crippen LogP contribution in [0.15, 0.2) is 41.0 Å². The number of halogens is 3. The van der Waals surface area contributed by atoms with Gasteiger partial charge in [0.2, 0.25) is 0 Å². The number of pyridine rings is 1. The lowest BCUT2D eigenvalue weighted by Crippen LogP contribution is -2.30. The van der Waals surface area contributed by atoms with Crippen molar-refractivity contribution >= 4 is 50.9 Å². The lowest BCUT2D eigenvalue weighted by atomic mass is 10.3. The van der Waals surface area contributed by atoms with Crippen molar-refractivity contribution in [2.75, 3.05) is 5.32 Å². The van der Waals surface area contributed by atoms with Crippen molar-refractivity contribution in [2.24, 2.45) is 0 Å². The minimum absolute atomic E-state index is 0.323. The molecule has 7 heteroatoms. The number of aromatic nitrogens is 1. The van der Waals surface area contributed by atoms with Gasteiger partial charge >= 0.3 is 0 Å². The number of anilines is 1. The number of carbonyl (C=O) groups excluding carboxylic acids is 1. The first-order chi connectivity index (χ1) is 9.95. The molecule has 1 aromatic carbocycles. The molecule has 0 saturated carbocycles. The third kappa shape index (κ3) is 4.59. The number of rotatable bonds is 4. The molecule has 1 amide bonds. The molecule has 110 valence electrons. The van der Waals surface area contributed by atoms with Gasteiger partial charge in [-0.05, 0) is 53.2 Å². The number of nitrogens with one attached hydrogen (secondary N) is 1. The number of hydrogen-bond donors (Lipinski definition) is 1. The number of ether oxygens (including phenoxy) is 1. The lowest BCUT2D eigenvalue weighted by molar-refractivity contribution is -0.122. The Hall–Kier alpha value is -1.30. The lowest BCUT2D eigenvalue weighted by Gasteiger charge is -2.15. The molecule has 0 spiro atoms. The maximum atomic E-state index is 12.0. The van der Waals surface area contributed by atoms with Crippen molar-refractivity contribution < 1.29 is 9.53 Å². The van der Waals surface area contributed by atoms with Crippen LogP contribution in [0.1, 0.15) is 6.92 Å². The molecule has 0 bridgehead atoms. The van der Waals surface area contributed by atoms with E-state index in [1.807, 2.05) is 0 Å². The first kappa shape index (κ1) is 16.1. The van der Waals surface area contributed by atoms with E-state index in [0.29, 0.717) is 21.6 Å². The third-order valence-corrected chi connectivity index (χ3v) is 3.55. The van der Waals surface area contributed by atoms with Crippen LogP contribution in [-0.2, 0) is 4.79 Å². The predicted octanol–water partition coefficient (Wildman–Crippen LogP) is 4.56. The number of hydrogen-bond acceptors (Lipinski definition) is 3. The van der Waals surface area contributed by atoms with Gasteiger partial charge in [-0.3, -0.25) is 4.79 Å². The summed E-state index contributed by atoms with van der Waals surface area (Å²) in [6.45, 7) is 1.62. The van der Waals surface area contributed by atoms with Gasteiger partial charge in [0.15, 0.2) is 6.10 Å². The highest BCUT2D eigenvalue weighted by Crippen LogP contribution is 2.28. The van der Waals surface area contributed by atoms with Gasteiger partial charge in [0.05, 0.1) is 5.02 Å². The van der Waals surface area contributed by atoms with Gasteiger partial charge in [0.1, 0.15) is 11.6 Å². The van der Waals surface area contributed by atoms with Crippen LogP contribution < -0.4 is 10.1 Å². The van der Waals surface area contributed by atoms with Gasteiger partial charge in [0, 0.05) is 15.7 Å². The summed E-state index contributed by atoms with van der Waals surface area (Å²) >= 11 is 15.1. The zero-order chi connectivity index (χ0) is 15.4. The van der Waals surface area contributed by atoms with E-state index in [1.54, 1.807) is 43.5 Å². The maximum Gasteiger partial charge on any atom is 0.266 e. The van der Waals surface area contributed by atoms with Crippen LogP contribution in [0.2, 0.25) is 10.0 Å². The van der Waals surface area contributed by atoms with Crippen molar-refractivity contribution in [3.8, 4) is 5.75 Å². The molecule has 0 aliphatic rings. The number of nitrogens with zero attached hydrogens (tertiary/aromatic N) is 1. The highest BCUT2D eigenvalue weighted by molar-refractivity contribution is 9.10. The van der Waals surface area contributed by atoms with E-state index >= 15 is 0 Å². The van der Waals surface area contributed by atoms with Crippen LogP contribution in [0.4, 0.5) is 5.82 Å². The van der Waals surface area contributed by atoms with Crippen molar-refractivity contribution in [3.63, 3.8) is 0 Å². The van der Waals surface area contributed by atoms with Crippen LogP contribution in [0.3, 0.4) is 0 Å². The molecule has 2 aromatic rings. The molecule has 1 atom stereocenters. The van der Waals surface area contributed by atoms with Crippen molar-refractivity contribution in [1.29, 1.82) is 0 Å². The molecule has 21 heavy (non-hydrogen) atoms. The van der Waals surface area contributed by atoms with Crippen molar-refractivity contribution in [2.45, 2.75) is 13.0 Å². The summed E-state index contributed by atoms with van der Waals surface area (Å²) in [4.78, 5) is 16.1. The Kier molecular flexibility index (Phi) is 5.45. The fraction of sp³-hybridized carbons (Fsp3) is 0.143. The van der Waals surface area contributed by atoms with Crippen LogP contribution in [0, 0.1) is 0 Å². The summed E-state index contributed by atoms with van der Waals surface area (Å²) in [6.07, 6.45) is 0.867. The molecular formula is C14H11BrCl2N2O2. The first-order valence-corrected chi connectivity index (χ1v) is 7.55. The largest absolute Gasteiger partial charge is 0.479 e. The second-order valence-corrected chi connectivity index (χ2v) is 5.95. The van der Waals surface area contributed by atoms with Crippen LogP contribution in [0.5, 0.6) is 5.75 Å². The van der Waals surface area contributed by atoms with E-state index in [-0.39, 0.29) is 5.91 Å². The zero-order valence-corrected chi connectivity index (χ0v) is 14.0. The first-order valence-electron chi connectivity index (χ1n) is 6.00. The SMILES string of the molecule is CC(Oc1ccc(Cl)cc1Cl)C(=O)Nc1ccc(Br)cn1. The van der Waals surface area contributed by atoms with Gasteiger partial charge in [0.25, 0.3) is 5.91 Å². The van der Waals surface area contributed by atoms with Gasteiger partial charge < -0.3 is 10.1 Å². The molecule has 1 heterocycles. The highest BCUT2D eigenvalue weighted by Gasteiger charge is 2.16.